The minimum atomic E-state index is 0.413. The van der Waals surface area contributed by atoms with Crippen molar-refractivity contribution >= 4 is 15.9 Å². The molecule has 2 rings (SSSR count). The van der Waals surface area contributed by atoms with Crippen LogP contribution in [-0.4, -0.2) is 19.3 Å². The van der Waals surface area contributed by atoms with Crippen molar-refractivity contribution in [2.75, 3.05) is 14.2 Å². The first-order chi connectivity index (χ1) is 11.2. The molecule has 0 fully saturated rings. The van der Waals surface area contributed by atoms with E-state index in [2.05, 4.69) is 15.9 Å². The molecule has 4 nitrogen and oxygen atoms in total. The van der Waals surface area contributed by atoms with Crippen LogP contribution in [0.5, 0.6) is 17.2 Å². The summed E-state index contributed by atoms with van der Waals surface area (Å²) in [5.74, 6) is 1.76. The molecule has 0 atom stereocenters. The number of rotatable bonds is 7. The van der Waals surface area contributed by atoms with E-state index >= 15 is 0 Å². The zero-order valence-corrected chi connectivity index (χ0v) is 14.7. The summed E-state index contributed by atoms with van der Waals surface area (Å²) in [6.07, 6.45) is 3.25. The van der Waals surface area contributed by atoms with Gasteiger partial charge in [-0.3, -0.25) is 0 Å². The third-order valence-corrected chi connectivity index (χ3v) is 3.80. The van der Waals surface area contributed by atoms with E-state index in [1.165, 1.54) is 0 Å². The Hall–Kier alpha value is -2.14. The summed E-state index contributed by atoms with van der Waals surface area (Å²) in [5, 5.41) is 8.79. The standard InChI is InChI=1S/C18H19BrO4/c1-21-16-10-14(4-3-9-20)11-17(22-2)18(16)23-12-13-5-7-15(19)8-6-13/h3,5-11,20H,4,12H2,1-2H3. The number of hydrogen-bond acceptors (Lipinski definition) is 4. The third kappa shape index (κ3) is 4.66. The second-order valence-electron chi connectivity index (χ2n) is 4.83. The van der Waals surface area contributed by atoms with E-state index in [4.69, 9.17) is 19.3 Å². The topological polar surface area (TPSA) is 47.9 Å². The average Bonchev–Trinajstić information content (AvgIpc) is 2.59. The van der Waals surface area contributed by atoms with E-state index in [1.54, 1.807) is 20.3 Å². The van der Waals surface area contributed by atoms with Gasteiger partial charge in [-0.2, -0.15) is 0 Å². The molecule has 0 aliphatic carbocycles. The summed E-state index contributed by atoms with van der Waals surface area (Å²) < 4.78 is 17.8. The molecule has 1 N–H and O–H groups in total. The first-order valence-corrected chi connectivity index (χ1v) is 7.88. The molecule has 0 aliphatic heterocycles. The van der Waals surface area contributed by atoms with Gasteiger partial charge in [-0.05, 0) is 47.9 Å². The van der Waals surface area contributed by atoms with Crippen LogP contribution in [0.3, 0.4) is 0 Å². The fourth-order valence-electron chi connectivity index (χ4n) is 2.12. The molecule has 0 aliphatic rings. The zero-order chi connectivity index (χ0) is 16.7. The van der Waals surface area contributed by atoms with Crippen LogP contribution in [0.1, 0.15) is 11.1 Å². The number of methoxy groups -OCH3 is 2. The molecule has 0 aromatic heterocycles. The molecule has 0 radical (unpaired) electrons. The second kappa shape index (κ2) is 8.48. The maximum atomic E-state index is 8.79. The van der Waals surface area contributed by atoms with Crippen LogP contribution in [0.2, 0.25) is 0 Å². The van der Waals surface area contributed by atoms with E-state index < -0.39 is 0 Å². The summed E-state index contributed by atoms with van der Waals surface area (Å²) in [4.78, 5) is 0. The van der Waals surface area contributed by atoms with Crippen LogP contribution in [0.15, 0.2) is 53.2 Å². The van der Waals surface area contributed by atoms with Crippen molar-refractivity contribution in [3.63, 3.8) is 0 Å². The van der Waals surface area contributed by atoms with E-state index in [9.17, 15) is 0 Å². The molecule has 23 heavy (non-hydrogen) atoms. The molecule has 0 unspecified atom stereocenters. The Morgan fingerprint density at radius 3 is 2.13 bits per heavy atom. The maximum absolute atomic E-state index is 8.79. The van der Waals surface area contributed by atoms with Gasteiger partial charge in [0.25, 0.3) is 0 Å². The SMILES string of the molecule is COc1cc(CC=CO)cc(OC)c1OCc1ccc(Br)cc1. The summed E-state index contributed by atoms with van der Waals surface area (Å²) in [5.41, 5.74) is 2.00. The van der Waals surface area contributed by atoms with E-state index in [-0.39, 0.29) is 0 Å². The van der Waals surface area contributed by atoms with Crippen LogP contribution in [0, 0.1) is 0 Å². The number of aliphatic hydroxyl groups is 1. The molecule has 0 amide bonds. The molecule has 0 bridgehead atoms. The highest BCUT2D eigenvalue weighted by Gasteiger charge is 2.14. The molecule has 0 spiro atoms. The third-order valence-electron chi connectivity index (χ3n) is 3.28. The van der Waals surface area contributed by atoms with Crippen LogP contribution >= 0.6 is 15.9 Å². The molecule has 2 aromatic carbocycles. The molecule has 2 aromatic rings. The largest absolute Gasteiger partial charge is 0.516 e. The van der Waals surface area contributed by atoms with Crippen LogP contribution in [-0.2, 0) is 13.0 Å². The van der Waals surface area contributed by atoms with Crippen LogP contribution in [0.25, 0.3) is 0 Å². The second-order valence-corrected chi connectivity index (χ2v) is 5.75. The van der Waals surface area contributed by atoms with Crippen molar-refractivity contribution in [2.45, 2.75) is 13.0 Å². The number of ether oxygens (including phenoxy) is 3. The highest BCUT2D eigenvalue weighted by molar-refractivity contribution is 9.10. The van der Waals surface area contributed by atoms with Gasteiger partial charge in [0.1, 0.15) is 6.61 Å². The van der Waals surface area contributed by atoms with Gasteiger partial charge in [0.2, 0.25) is 5.75 Å². The summed E-state index contributed by atoms with van der Waals surface area (Å²) in [7, 11) is 3.18. The van der Waals surface area contributed by atoms with Crippen molar-refractivity contribution in [3.8, 4) is 17.2 Å². The number of benzene rings is 2. The molecule has 0 heterocycles. The molecule has 0 saturated carbocycles. The lowest BCUT2D eigenvalue weighted by atomic mass is 10.1. The minimum absolute atomic E-state index is 0.413. The summed E-state index contributed by atoms with van der Waals surface area (Å²) in [6.45, 7) is 0.413. The number of hydrogen-bond donors (Lipinski definition) is 1. The summed E-state index contributed by atoms with van der Waals surface area (Å²) >= 11 is 3.41. The number of halogens is 1. The van der Waals surface area contributed by atoms with E-state index in [0.717, 1.165) is 21.9 Å². The molecule has 122 valence electrons. The molecular weight excluding hydrogens is 360 g/mol. The Morgan fingerprint density at radius 1 is 1.00 bits per heavy atom. The van der Waals surface area contributed by atoms with Gasteiger partial charge in [-0.25, -0.2) is 0 Å². The fourth-order valence-corrected chi connectivity index (χ4v) is 2.38. The van der Waals surface area contributed by atoms with Gasteiger partial charge >= 0.3 is 0 Å². The Kier molecular flexibility index (Phi) is 6.35. The normalized spacial score (nSPS) is 10.7. The lowest BCUT2D eigenvalue weighted by Gasteiger charge is -2.16. The lowest BCUT2D eigenvalue weighted by molar-refractivity contribution is 0.265. The Balaban J connectivity index is 2.23. The van der Waals surface area contributed by atoms with Crippen molar-refractivity contribution in [3.05, 3.63) is 64.3 Å². The molecular formula is C18H19BrO4. The number of aliphatic hydroxyl groups excluding tert-OH is 1. The van der Waals surface area contributed by atoms with E-state index in [1.807, 2.05) is 36.4 Å². The zero-order valence-electron chi connectivity index (χ0n) is 13.1. The number of allylic oxidation sites excluding steroid dienone is 1. The Labute approximate surface area is 144 Å². The highest BCUT2D eigenvalue weighted by atomic mass is 79.9. The van der Waals surface area contributed by atoms with Crippen LogP contribution < -0.4 is 14.2 Å². The van der Waals surface area contributed by atoms with Gasteiger partial charge in [0.15, 0.2) is 11.5 Å². The van der Waals surface area contributed by atoms with Gasteiger partial charge in [0, 0.05) is 4.47 Å². The predicted octanol–water partition coefficient (Wildman–Crippen LogP) is 4.66. The quantitative estimate of drug-likeness (QED) is 0.711. The van der Waals surface area contributed by atoms with Crippen LogP contribution in [0.4, 0.5) is 0 Å². The highest BCUT2D eigenvalue weighted by Crippen LogP contribution is 2.39. The van der Waals surface area contributed by atoms with Gasteiger partial charge < -0.3 is 19.3 Å². The van der Waals surface area contributed by atoms with E-state index in [0.29, 0.717) is 30.3 Å². The van der Waals surface area contributed by atoms with Gasteiger partial charge in [0.05, 0.1) is 20.5 Å². The maximum Gasteiger partial charge on any atom is 0.203 e. The smallest absolute Gasteiger partial charge is 0.203 e. The fraction of sp³-hybridized carbons (Fsp3) is 0.222. The predicted molar refractivity (Wildman–Crippen MR) is 93.5 cm³/mol. The Bertz CT molecular complexity index is 640. The average molecular weight is 379 g/mol. The lowest BCUT2D eigenvalue weighted by Crippen LogP contribution is -2.01. The van der Waals surface area contributed by atoms with Gasteiger partial charge in [-0.1, -0.05) is 28.1 Å². The first kappa shape index (κ1) is 17.2. The van der Waals surface area contributed by atoms with Crippen molar-refractivity contribution in [2.24, 2.45) is 0 Å². The molecule has 0 saturated heterocycles. The Morgan fingerprint density at radius 2 is 1.61 bits per heavy atom. The summed E-state index contributed by atoms with van der Waals surface area (Å²) in [6, 6.07) is 11.7. The molecule has 5 heteroatoms. The minimum Gasteiger partial charge on any atom is -0.516 e. The van der Waals surface area contributed by atoms with Gasteiger partial charge in [-0.15, -0.1) is 0 Å². The monoisotopic (exact) mass is 378 g/mol. The van der Waals surface area contributed by atoms with Crippen molar-refractivity contribution in [1.29, 1.82) is 0 Å². The van der Waals surface area contributed by atoms with Crippen molar-refractivity contribution < 1.29 is 19.3 Å². The van der Waals surface area contributed by atoms with Crippen molar-refractivity contribution in [1.82, 2.24) is 0 Å². The first-order valence-electron chi connectivity index (χ1n) is 7.09.